The van der Waals surface area contributed by atoms with E-state index in [2.05, 4.69) is 15.5 Å². The minimum Gasteiger partial charge on any atom is -0.309 e. The first-order valence-electron chi connectivity index (χ1n) is 8.08. The van der Waals surface area contributed by atoms with Crippen LogP contribution in [0.2, 0.25) is 0 Å². The van der Waals surface area contributed by atoms with Gasteiger partial charge in [-0.05, 0) is 19.8 Å². The molecule has 0 saturated carbocycles. The molecule has 10 heteroatoms. The second-order valence-corrected chi connectivity index (χ2v) is 8.19. The molecule has 0 unspecified atom stereocenters. The Morgan fingerprint density at radius 2 is 2.12 bits per heavy atom. The smallest absolute Gasteiger partial charge is 0.246 e. The number of carbonyl (C=O) groups is 1. The van der Waals surface area contributed by atoms with Gasteiger partial charge in [0.2, 0.25) is 15.9 Å². The molecule has 1 N–H and O–H groups in total. The molecule has 0 aromatic carbocycles. The van der Waals surface area contributed by atoms with Gasteiger partial charge < -0.3 is 5.32 Å². The Hall–Kier alpha value is -2.20. The first-order valence-corrected chi connectivity index (χ1v) is 9.52. The lowest BCUT2D eigenvalue weighted by molar-refractivity contribution is -0.120. The summed E-state index contributed by atoms with van der Waals surface area (Å²) in [5, 5.41) is 10.9. The van der Waals surface area contributed by atoms with Crippen LogP contribution in [-0.2, 0) is 28.9 Å². The molecule has 1 saturated heterocycles. The average Bonchev–Trinajstić information content (AvgIpc) is 3.14. The fourth-order valence-electron chi connectivity index (χ4n) is 2.96. The highest BCUT2D eigenvalue weighted by atomic mass is 32.2. The van der Waals surface area contributed by atoms with Crippen LogP contribution in [0.4, 0.5) is 5.82 Å². The number of rotatable bonds is 4. The van der Waals surface area contributed by atoms with E-state index in [0.29, 0.717) is 30.9 Å². The lowest BCUT2D eigenvalue weighted by Gasteiger charge is -2.30. The summed E-state index contributed by atoms with van der Waals surface area (Å²) in [6.45, 7) is 2.29. The molecule has 2 aromatic heterocycles. The van der Waals surface area contributed by atoms with Gasteiger partial charge in [0.05, 0.1) is 17.8 Å². The number of hydrogen-bond acceptors (Lipinski definition) is 5. The fraction of sp³-hybridized carbons (Fsp3) is 0.533. The lowest BCUT2D eigenvalue weighted by atomic mass is 9.99. The molecule has 3 heterocycles. The van der Waals surface area contributed by atoms with Crippen molar-refractivity contribution in [2.24, 2.45) is 20.0 Å². The van der Waals surface area contributed by atoms with Crippen LogP contribution in [0.15, 0.2) is 23.4 Å². The molecule has 0 bridgehead atoms. The highest BCUT2D eigenvalue weighted by molar-refractivity contribution is 7.89. The molecule has 1 aliphatic rings. The molecule has 0 radical (unpaired) electrons. The number of aryl methyl sites for hydroxylation is 2. The number of nitrogens with one attached hydrogen (secondary N) is 1. The zero-order valence-electron chi connectivity index (χ0n) is 14.5. The number of sulfonamides is 1. The lowest BCUT2D eigenvalue weighted by Crippen LogP contribution is -2.43. The molecule has 1 amide bonds. The maximum Gasteiger partial charge on any atom is 0.246 e. The maximum absolute atomic E-state index is 12.9. The SMILES string of the molecule is Cc1c(S(=O)(=O)N2CCC[C@H](C(=O)Nc3ccn(C)n3)C2)cnn1C. The summed E-state index contributed by atoms with van der Waals surface area (Å²) >= 11 is 0. The van der Waals surface area contributed by atoms with E-state index in [9.17, 15) is 13.2 Å². The van der Waals surface area contributed by atoms with Crippen LogP contribution in [0, 0.1) is 12.8 Å². The van der Waals surface area contributed by atoms with Gasteiger partial charge in [-0.3, -0.25) is 14.2 Å². The molecule has 9 nitrogen and oxygen atoms in total. The van der Waals surface area contributed by atoms with Gasteiger partial charge in [0.1, 0.15) is 4.90 Å². The van der Waals surface area contributed by atoms with E-state index in [-0.39, 0.29) is 17.3 Å². The number of aromatic nitrogens is 4. The molecule has 3 rings (SSSR count). The Balaban J connectivity index is 1.74. The fourth-order valence-corrected chi connectivity index (χ4v) is 4.67. The van der Waals surface area contributed by atoms with Gasteiger partial charge in [-0.25, -0.2) is 8.42 Å². The van der Waals surface area contributed by atoms with Crippen molar-refractivity contribution >= 4 is 21.7 Å². The third-order valence-electron chi connectivity index (χ3n) is 4.53. The van der Waals surface area contributed by atoms with Crippen molar-refractivity contribution in [1.82, 2.24) is 23.9 Å². The summed E-state index contributed by atoms with van der Waals surface area (Å²) in [4.78, 5) is 12.7. The van der Waals surface area contributed by atoms with Crippen LogP contribution in [0.25, 0.3) is 0 Å². The quantitative estimate of drug-likeness (QED) is 0.849. The number of hydrogen-bond donors (Lipinski definition) is 1. The van der Waals surface area contributed by atoms with Crippen LogP contribution in [0.5, 0.6) is 0 Å². The summed E-state index contributed by atoms with van der Waals surface area (Å²) in [5.74, 6) is -0.139. The topological polar surface area (TPSA) is 102 Å². The van der Waals surface area contributed by atoms with Gasteiger partial charge in [-0.15, -0.1) is 0 Å². The van der Waals surface area contributed by atoms with Crippen molar-refractivity contribution in [2.45, 2.75) is 24.7 Å². The minimum atomic E-state index is -3.66. The van der Waals surface area contributed by atoms with Crippen LogP contribution >= 0.6 is 0 Å². The van der Waals surface area contributed by atoms with E-state index < -0.39 is 15.9 Å². The molecule has 2 aromatic rings. The van der Waals surface area contributed by atoms with Gasteiger partial charge in [0.25, 0.3) is 0 Å². The van der Waals surface area contributed by atoms with E-state index in [4.69, 9.17) is 0 Å². The number of piperidine rings is 1. The molecule has 1 atom stereocenters. The second kappa shape index (κ2) is 6.60. The highest BCUT2D eigenvalue weighted by Gasteiger charge is 2.35. The normalized spacial score (nSPS) is 19.1. The second-order valence-electron chi connectivity index (χ2n) is 6.28. The molecule has 0 spiro atoms. The summed E-state index contributed by atoms with van der Waals surface area (Å²) in [6.07, 6.45) is 4.39. The molecule has 25 heavy (non-hydrogen) atoms. The molecular formula is C15H22N6O3S. The summed E-state index contributed by atoms with van der Waals surface area (Å²) in [5.41, 5.74) is 0.583. The van der Waals surface area contributed by atoms with E-state index in [0.717, 1.165) is 0 Å². The van der Waals surface area contributed by atoms with Gasteiger partial charge in [-0.1, -0.05) is 0 Å². The van der Waals surface area contributed by atoms with Crippen molar-refractivity contribution in [3.05, 3.63) is 24.2 Å². The first kappa shape index (κ1) is 17.6. The van der Waals surface area contributed by atoms with Gasteiger partial charge in [0.15, 0.2) is 5.82 Å². The van der Waals surface area contributed by atoms with Gasteiger partial charge >= 0.3 is 0 Å². The number of nitrogens with zero attached hydrogens (tertiary/aromatic N) is 5. The average molecular weight is 366 g/mol. The largest absolute Gasteiger partial charge is 0.309 e. The Kier molecular flexibility index (Phi) is 4.65. The van der Waals surface area contributed by atoms with Crippen LogP contribution in [0.1, 0.15) is 18.5 Å². The highest BCUT2D eigenvalue weighted by Crippen LogP contribution is 2.26. The van der Waals surface area contributed by atoms with Crippen molar-refractivity contribution in [2.75, 3.05) is 18.4 Å². The predicted molar refractivity (Wildman–Crippen MR) is 91.3 cm³/mol. The van der Waals surface area contributed by atoms with E-state index in [1.807, 2.05) is 0 Å². The third kappa shape index (κ3) is 3.45. The number of anilines is 1. The van der Waals surface area contributed by atoms with Gasteiger partial charge in [0, 0.05) is 39.4 Å². The van der Waals surface area contributed by atoms with Crippen LogP contribution in [0.3, 0.4) is 0 Å². The van der Waals surface area contributed by atoms with Crippen molar-refractivity contribution < 1.29 is 13.2 Å². The Labute approximate surface area is 146 Å². The van der Waals surface area contributed by atoms with Crippen molar-refractivity contribution in [3.8, 4) is 0 Å². The van der Waals surface area contributed by atoms with Crippen molar-refractivity contribution in [1.29, 1.82) is 0 Å². The van der Waals surface area contributed by atoms with Crippen LogP contribution in [-0.4, -0.2) is 51.3 Å². The molecule has 136 valence electrons. The first-order chi connectivity index (χ1) is 11.8. The maximum atomic E-state index is 12.9. The zero-order chi connectivity index (χ0) is 18.2. The summed E-state index contributed by atoms with van der Waals surface area (Å²) < 4.78 is 30.3. The molecule has 0 aliphatic carbocycles. The Morgan fingerprint density at radius 3 is 2.72 bits per heavy atom. The Bertz CT molecular complexity index is 885. The molecule has 1 fully saturated rings. The monoisotopic (exact) mass is 366 g/mol. The molecular weight excluding hydrogens is 344 g/mol. The Morgan fingerprint density at radius 1 is 1.36 bits per heavy atom. The van der Waals surface area contributed by atoms with E-state index in [1.165, 1.54) is 15.2 Å². The van der Waals surface area contributed by atoms with Crippen molar-refractivity contribution in [3.63, 3.8) is 0 Å². The van der Waals surface area contributed by atoms with Gasteiger partial charge in [-0.2, -0.15) is 14.5 Å². The minimum absolute atomic E-state index is 0.162. The molecule has 1 aliphatic heterocycles. The van der Waals surface area contributed by atoms with Crippen LogP contribution < -0.4 is 5.32 Å². The summed E-state index contributed by atoms with van der Waals surface area (Å²) in [7, 11) is -0.190. The van der Waals surface area contributed by atoms with E-state index >= 15 is 0 Å². The standard InChI is InChI=1S/C15H22N6O3S/c1-11-13(9-16-20(11)3)25(23,24)21-7-4-5-12(10-21)15(22)17-14-6-8-19(2)18-14/h6,8-9,12H,4-5,7,10H2,1-3H3,(H,17,18,22)/t12-/m0/s1. The van der Waals surface area contributed by atoms with E-state index in [1.54, 1.807) is 38.0 Å². The summed E-state index contributed by atoms with van der Waals surface area (Å²) in [6, 6.07) is 1.70. The number of amides is 1. The predicted octanol–water partition coefficient (Wildman–Crippen LogP) is 0.501. The zero-order valence-corrected chi connectivity index (χ0v) is 15.3. The number of carbonyl (C=O) groups excluding carboxylic acids is 1. The third-order valence-corrected chi connectivity index (χ3v) is 6.50.